The van der Waals surface area contributed by atoms with Gasteiger partial charge < -0.3 is 20.1 Å². The summed E-state index contributed by atoms with van der Waals surface area (Å²) in [7, 11) is -3.92. The molecule has 1 aromatic rings. The minimum absolute atomic E-state index is 0.384. The quantitative estimate of drug-likeness (QED) is 0.373. The second-order valence-corrected chi connectivity index (χ2v) is 2.50. The van der Waals surface area contributed by atoms with E-state index in [2.05, 4.69) is 0 Å². The summed E-state index contributed by atoms with van der Waals surface area (Å²) in [5.74, 6) is -1.02. The van der Waals surface area contributed by atoms with E-state index in [0.29, 0.717) is 0 Å². The van der Waals surface area contributed by atoms with Gasteiger partial charge in [-0.15, -0.1) is 0 Å². The Morgan fingerprint density at radius 1 is 0.923 bits per heavy atom. The van der Waals surface area contributed by atoms with Crippen LogP contribution in [0.25, 0.3) is 0 Å². The van der Waals surface area contributed by atoms with Crippen LogP contribution in [-0.2, 0) is 0 Å². The van der Waals surface area contributed by atoms with Gasteiger partial charge in [0.15, 0.2) is 0 Å². The number of halogens is 1. The molecule has 0 aliphatic carbocycles. The Hall–Kier alpha value is -0.880. The van der Waals surface area contributed by atoms with Crippen molar-refractivity contribution in [2.45, 2.75) is 0 Å². The van der Waals surface area contributed by atoms with Crippen molar-refractivity contribution in [2.24, 2.45) is 0 Å². The van der Waals surface area contributed by atoms with E-state index in [4.69, 9.17) is 20.1 Å². The van der Waals surface area contributed by atoms with Crippen LogP contribution in [0.15, 0.2) is 18.2 Å². The maximum atomic E-state index is 13.1. The smallest absolute Gasteiger partial charge is 0.423 e. The lowest BCUT2D eigenvalue weighted by Crippen LogP contribution is -2.42. The average Bonchev–Trinajstić information content (AvgIpc) is 2.03. The van der Waals surface area contributed by atoms with E-state index in [9.17, 15) is 4.39 Å². The van der Waals surface area contributed by atoms with Gasteiger partial charge in [0, 0.05) is 10.9 Å². The summed E-state index contributed by atoms with van der Waals surface area (Å²) in [6.45, 7) is 0. The van der Waals surface area contributed by atoms with Crippen LogP contribution < -0.4 is 10.9 Å². The molecule has 0 saturated heterocycles. The second kappa shape index (κ2) is 3.89. The van der Waals surface area contributed by atoms with Crippen LogP contribution in [0.2, 0.25) is 0 Å². The zero-order valence-electron chi connectivity index (χ0n) is 6.55. The highest BCUT2D eigenvalue weighted by atomic mass is 19.1. The molecule has 4 nitrogen and oxygen atoms in total. The lowest BCUT2D eigenvalue weighted by molar-refractivity contribution is 0.420. The molecular formula is C6H7B2FO4. The number of hydrogen-bond donors (Lipinski definition) is 4. The van der Waals surface area contributed by atoms with Gasteiger partial charge in [0.2, 0.25) is 0 Å². The zero-order valence-corrected chi connectivity index (χ0v) is 6.55. The first-order chi connectivity index (χ1) is 6.04. The molecule has 13 heavy (non-hydrogen) atoms. The Bertz CT molecular complexity index is 278. The first-order valence-electron chi connectivity index (χ1n) is 3.54. The molecule has 0 heterocycles. The molecule has 0 fully saturated rings. The van der Waals surface area contributed by atoms with Gasteiger partial charge in [-0.25, -0.2) is 4.39 Å². The molecule has 7 heteroatoms. The fourth-order valence-electron chi connectivity index (χ4n) is 0.967. The van der Waals surface area contributed by atoms with Crippen molar-refractivity contribution in [3.05, 3.63) is 24.0 Å². The second-order valence-electron chi connectivity index (χ2n) is 2.50. The van der Waals surface area contributed by atoms with E-state index in [1.165, 1.54) is 6.07 Å². The molecule has 0 amide bonds. The van der Waals surface area contributed by atoms with E-state index in [1.807, 2.05) is 0 Å². The summed E-state index contributed by atoms with van der Waals surface area (Å²) >= 11 is 0. The van der Waals surface area contributed by atoms with Crippen LogP contribution in [0, 0.1) is 5.82 Å². The zero-order chi connectivity index (χ0) is 10.0. The molecule has 0 spiro atoms. The third kappa shape index (κ3) is 2.07. The van der Waals surface area contributed by atoms with Crippen LogP contribution in [0.5, 0.6) is 0 Å². The van der Waals surface area contributed by atoms with Crippen molar-refractivity contribution >= 4 is 25.2 Å². The Kier molecular flexibility index (Phi) is 3.05. The van der Waals surface area contributed by atoms with Crippen LogP contribution >= 0.6 is 0 Å². The van der Waals surface area contributed by atoms with Crippen molar-refractivity contribution in [3.63, 3.8) is 0 Å². The fraction of sp³-hybridized carbons (Fsp3) is 0. The minimum atomic E-state index is -1.96. The topological polar surface area (TPSA) is 80.9 Å². The lowest BCUT2D eigenvalue weighted by Gasteiger charge is -2.05. The Balaban J connectivity index is 3.18. The molecule has 4 N–H and O–H groups in total. The van der Waals surface area contributed by atoms with Crippen LogP contribution in [0.3, 0.4) is 0 Å². The fourth-order valence-corrected chi connectivity index (χ4v) is 0.967. The Labute approximate surface area is 74.6 Å². The predicted molar refractivity (Wildman–Crippen MR) is 46.1 cm³/mol. The summed E-state index contributed by atoms with van der Waals surface area (Å²) in [5.41, 5.74) is -0.767. The molecule has 0 saturated carbocycles. The highest BCUT2D eigenvalue weighted by Gasteiger charge is 2.23. The predicted octanol–water partition coefficient (Wildman–Crippen LogP) is -2.81. The summed E-state index contributed by atoms with van der Waals surface area (Å²) in [4.78, 5) is 0. The highest BCUT2D eigenvalue weighted by molar-refractivity contribution is 6.62. The number of hydrogen-bond acceptors (Lipinski definition) is 4. The largest absolute Gasteiger partial charge is 0.491 e. The summed E-state index contributed by atoms with van der Waals surface area (Å²) < 4.78 is 13.1. The molecule has 0 unspecified atom stereocenters. The van der Waals surface area contributed by atoms with E-state index in [1.54, 1.807) is 0 Å². The van der Waals surface area contributed by atoms with E-state index in [-0.39, 0.29) is 10.9 Å². The minimum Gasteiger partial charge on any atom is -0.423 e. The molecule has 0 aliphatic rings. The van der Waals surface area contributed by atoms with Crippen LogP contribution in [0.1, 0.15) is 0 Å². The first-order valence-corrected chi connectivity index (χ1v) is 3.54. The SMILES string of the molecule is OB(O)c1cccc(B(O)O)c1F. The van der Waals surface area contributed by atoms with Crippen LogP contribution in [-0.4, -0.2) is 34.3 Å². The van der Waals surface area contributed by atoms with Crippen molar-refractivity contribution in [2.75, 3.05) is 0 Å². The van der Waals surface area contributed by atoms with Gasteiger partial charge in [-0.3, -0.25) is 0 Å². The Morgan fingerprint density at radius 2 is 1.31 bits per heavy atom. The van der Waals surface area contributed by atoms with E-state index < -0.39 is 20.1 Å². The van der Waals surface area contributed by atoms with Gasteiger partial charge in [-0.2, -0.15) is 0 Å². The van der Waals surface area contributed by atoms with Gasteiger partial charge in [0.1, 0.15) is 5.82 Å². The third-order valence-electron chi connectivity index (χ3n) is 1.61. The van der Waals surface area contributed by atoms with Gasteiger partial charge in [-0.1, -0.05) is 18.2 Å². The molecule has 0 bridgehead atoms. The summed E-state index contributed by atoms with van der Waals surface area (Å²) in [5, 5.41) is 34.7. The maximum absolute atomic E-state index is 13.1. The molecule has 0 aromatic heterocycles. The first kappa shape index (κ1) is 10.2. The molecule has 0 radical (unpaired) electrons. The molecule has 0 atom stereocenters. The van der Waals surface area contributed by atoms with E-state index >= 15 is 0 Å². The molecule has 68 valence electrons. The van der Waals surface area contributed by atoms with Crippen molar-refractivity contribution in [1.29, 1.82) is 0 Å². The number of benzene rings is 1. The van der Waals surface area contributed by atoms with Crippen molar-refractivity contribution < 1.29 is 24.5 Å². The van der Waals surface area contributed by atoms with Gasteiger partial charge in [0.25, 0.3) is 0 Å². The third-order valence-corrected chi connectivity index (χ3v) is 1.61. The molecular weight excluding hydrogens is 177 g/mol. The van der Waals surface area contributed by atoms with Gasteiger partial charge >= 0.3 is 14.2 Å². The summed E-state index contributed by atoms with van der Waals surface area (Å²) in [6, 6.07) is 3.59. The lowest BCUT2D eigenvalue weighted by atomic mass is 9.72. The maximum Gasteiger partial charge on any atom is 0.491 e. The molecule has 0 aliphatic heterocycles. The summed E-state index contributed by atoms with van der Waals surface area (Å²) in [6.07, 6.45) is 0. The molecule has 1 aromatic carbocycles. The molecule has 1 rings (SSSR count). The van der Waals surface area contributed by atoms with Gasteiger partial charge in [-0.05, 0) is 0 Å². The monoisotopic (exact) mass is 184 g/mol. The average molecular weight is 184 g/mol. The van der Waals surface area contributed by atoms with Gasteiger partial charge in [0.05, 0.1) is 0 Å². The normalized spacial score (nSPS) is 9.92. The highest BCUT2D eigenvalue weighted by Crippen LogP contribution is 1.92. The Morgan fingerprint density at radius 3 is 1.62 bits per heavy atom. The van der Waals surface area contributed by atoms with Crippen molar-refractivity contribution in [1.82, 2.24) is 0 Å². The van der Waals surface area contributed by atoms with Crippen LogP contribution in [0.4, 0.5) is 4.39 Å². The standard InChI is InChI=1S/C6H7B2FO4/c9-6-4(7(10)11)2-1-3-5(6)8(12)13/h1-3,10-13H. The van der Waals surface area contributed by atoms with E-state index in [0.717, 1.165) is 12.1 Å². The number of rotatable bonds is 2. The van der Waals surface area contributed by atoms with Crippen molar-refractivity contribution in [3.8, 4) is 0 Å².